The first kappa shape index (κ1) is 21.6. The van der Waals surface area contributed by atoms with Crippen LogP contribution in [0, 0.1) is 0 Å². The number of nitrogens with one attached hydrogen (secondary N) is 2. The van der Waals surface area contributed by atoms with Crippen molar-refractivity contribution in [1.82, 2.24) is 5.32 Å². The lowest BCUT2D eigenvalue weighted by atomic mass is 10.2. The molecule has 0 spiro atoms. The number of amides is 1. The van der Waals surface area contributed by atoms with Crippen molar-refractivity contribution in [3.63, 3.8) is 0 Å². The molecule has 0 fully saturated rings. The quantitative estimate of drug-likeness (QED) is 0.637. The molecule has 1 aromatic rings. The van der Waals surface area contributed by atoms with Gasteiger partial charge in [0.05, 0.1) is 11.5 Å². The molecule has 0 aromatic heterocycles. The van der Waals surface area contributed by atoms with E-state index >= 15 is 0 Å². The number of thioether (sulfide) groups is 1. The lowest BCUT2D eigenvalue weighted by Crippen LogP contribution is -2.26. The van der Waals surface area contributed by atoms with Crippen molar-refractivity contribution < 1.29 is 27.8 Å². The summed E-state index contributed by atoms with van der Waals surface area (Å²) in [6.07, 6.45) is -1.76. The van der Waals surface area contributed by atoms with Gasteiger partial charge in [0.15, 0.2) is 0 Å². The molecule has 0 radical (unpaired) electrons. The fourth-order valence-corrected chi connectivity index (χ4v) is 3.22. The Morgan fingerprint density at radius 2 is 2.04 bits per heavy atom. The fourth-order valence-electron chi connectivity index (χ4n) is 2.22. The highest BCUT2D eigenvalue weighted by molar-refractivity contribution is 8.18. The summed E-state index contributed by atoms with van der Waals surface area (Å²) in [5.41, 5.74) is 1.83. The molecule has 0 atom stereocenters. The van der Waals surface area contributed by atoms with Crippen molar-refractivity contribution in [3.8, 4) is 5.75 Å². The second-order valence-electron chi connectivity index (χ2n) is 5.44. The van der Waals surface area contributed by atoms with Crippen LogP contribution in [0.1, 0.15) is 6.92 Å². The molecule has 1 heterocycles. The van der Waals surface area contributed by atoms with Gasteiger partial charge in [0.25, 0.3) is 5.91 Å². The number of aliphatic imine (C=N–C) groups is 1. The highest BCUT2D eigenvalue weighted by Gasteiger charge is 2.31. The number of rotatable bonds is 7. The molecule has 0 bridgehead atoms. The molecule has 1 aromatic carbocycles. The van der Waals surface area contributed by atoms with Gasteiger partial charge in [-0.2, -0.15) is 0 Å². The average molecular weight is 413 g/mol. The second-order valence-corrected chi connectivity index (χ2v) is 6.47. The van der Waals surface area contributed by atoms with Crippen molar-refractivity contribution in [3.05, 3.63) is 59.3 Å². The molecular weight excluding hydrogens is 395 g/mol. The number of hydrogen-bond acceptors (Lipinski definition) is 6. The Labute approximate surface area is 163 Å². The largest absolute Gasteiger partial charge is 0.573 e. The minimum Gasteiger partial charge on any atom is -0.406 e. The third-order valence-electron chi connectivity index (χ3n) is 3.37. The summed E-state index contributed by atoms with van der Waals surface area (Å²) < 4.78 is 40.5. The van der Waals surface area contributed by atoms with E-state index in [1.54, 1.807) is 13.0 Å². The van der Waals surface area contributed by atoms with E-state index in [2.05, 4.69) is 26.9 Å². The van der Waals surface area contributed by atoms with Crippen molar-refractivity contribution in [2.24, 2.45) is 4.99 Å². The maximum atomic E-state index is 12.2. The predicted molar refractivity (Wildman–Crippen MR) is 103 cm³/mol. The van der Waals surface area contributed by atoms with E-state index < -0.39 is 6.36 Å². The van der Waals surface area contributed by atoms with E-state index in [4.69, 9.17) is 5.11 Å². The minimum atomic E-state index is -4.75. The number of benzene rings is 1. The predicted octanol–water partition coefficient (Wildman–Crippen LogP) is 3.55. The average Bonchev–Trinajstić information content (AvgIpc) is 3.04. The maximum Gasteiger partial charge on any atom is 0.573 e. The molecule has 1 amide bonds. The Morgan fingerprint density at radius 1 is 1.36 bits per heavy atom. The van der Waals surface area contributed by atoms with Crippen LogP contribution < -0.4 is 15.4 Å². The van der Waals surface area contributed by atoms with Crippen LogP contribution in [0.5, 0.6) is 5.75 Å². The number of aliphatic hydroxyl groups excluding tert-OH is 1. The summed E-state index contributed by atoms with van der Waals surface area (Å²) in [7, 11) is 0. The zero-order valence-corrected chi connectivity index (χ0v) is 15.7. The van der Waals surface area contributed by atoms with Crippen LogP contribution in [-0.2, 0) is 4.79 Å². The number of carbonyl (C=O) groups is 1. The van der Waals surface area contributed by atoms with Crippen LogP contribution in [0.15, 0.2) is 64.3 Å². The molecule has 0 saturated carbocycles. The molecule has 1 aliphatic heterocycles. The number of hydrogen-bond donors (Lipinski definition) is 3. The standard InChI is InChI=1S/C18H18F3N3O3S/c1-3-22-17-14(10-15(28-17)16(26)23-8-9-25)11(2)24-12-4-6-13(7-5-12)27-18(19,20)21/h3-7,10,24-25H,1,8-9H2,2H3,(H,23,26)/b14-11+,22-17+. The van der Waals surface area contributed by atoms with Gasteiger partial charge in [0.2, 0.25) is 0 Å². The van der Waals surface area contributed by atoms with E-state index in [0.29, 0.717) is 26.9 Å². The SMILES string of the molecule is C=C/N=C1/SC(C(=O)NCCO)=C/C1=C(/C)Nc1ccc(OC(F)(F)F)cc1. The fraction of sp³-hybridized carbons (Fsp3) is 0.222. The highest BCUT2D eigenvalue weighted by Crippen LogP contribution is 2.34. The van der Waals surface area contributed by atoms with Gasteiger partial charge in [0, 0.05) is 29.7 Å². The summed E-state index contributed by atoms with van der Waals surface area (Å²) in [6.45, 7) is 5.26. The van der Waals surface area contributed by atoms with Crippen LogP contribution >= 0.6 is 11.8 Å². The van der Waals surface area contributed by atoms with Crippen LogP contribution in [0.4, 0.5) is 18.9 Å². The molecule has 10 heteroatoms. The van der Waals surface area contributed by atoms with Crippen LogP contribution in [0.3, 0.4) is 0 Å². The first-order valence-electron chi connectivity index (χ1n) is 8.05. The summed E-state index contributed by atoms with van der Waals surface area (Å²) in [5.74, 6) is -0.663. The number of nitrogens with zero attached hydrogens (tertiary/aromatic N) is 1. The smallest absolute Gasteiger partial charge is 0.406 e. The van der Waals surface area contributed by atoms with E-state index in [-0.39, 0.29) is 24.8 Å². The van der Waals surface area contributed by atoms with Crippen LogP contribution in [-0.4, -0.2) is 35.6 Å². The molecule has 0 saturated heterocycles. The van der Waals surface area contributed by atoms with Crippen molar-refractivity contribution in [2.75, 3.05) is 18.5 Å². The van der Waals surface area contributed by atoms with Gasteiger partial charge in [-0.1, -0.05) is 18.3 Å². The lowest BCUT2D eigenvalue weighted by molar-refractivity contribution is -0.274. The van der Waals surface area contributed by atoms with E-state index in [1.807, 2.05) is 0 Å². The van der Waals surface area contributed by atoms with Crippen molar-refractivity contribution in [2.45, 2.75) is 13.3 Å². The zero-order chi connectivity index (χ0) is 20.7. The van der Waals surface area contributed by atoms with Gasteiger partial charge in [-0.3, -0.25) is 4.79 Å². The van der Waals surface area contributed by atoms with Crippen LogP contribution in [0.25, 0.3) is 0 Å². The number of ether oxygens (including phenoxy) is 1. The Balaban J connectivity index is 2.20. The second kappa shape index (κ2) is 9.47. The first-order valence-corrected chi connectivity index (χ1v) is 8.86. The van der Waals surface area contributed by atoms with E-state index in [1.165, 1.54) is 30.5 Å². The highest BCUT2D eigenvalue weighted by atomic mass is 32.2. The molecule has 6 nitrogen and oxygen atoms in total. The number of aliphatic hydroxyl groups is 1. The number of allylic oxidation sites excluding steroid dienone is 2. The lowest BCUT2D eigenvalue weighted by Gasteiger charge is -2.12. The Kier molecular flexibility index (Phi) is 7.30. The van der Waals surface area contributed by atoms with Crippen molar-refractivity contribution >= 4 is 28.4 Å². The Morgan fingerprint density at radius 3 is 2.61 bits per heavy atom. The first-order chi connectivity index (χ1) is 13.2. The summed E-state index contributed by atoms with van der Waals surface area (Å²) in [4.78, 5) is 16.6. The number of halogens is 3. The van der Waals surface area contributed by atoms with Gasteiger partial charge in [-0.15, -0.1) is 13.2 Å². The Hall–Kier alpha value is -2.72. The minimum absolute atomic E-state index is 0.132. The van der Waals surface area contributed by atoms with Gasteiger partial charge in [-0.05, 0) is 37.3 Å². The molecule has 3 N–H and O–H groups in total. The molecule has 150 valence electrons. The number of alkyl halides is 3. The normalized spacial score (nSPS) is 17.2. The maximum absolute atomic E-state index is 12.2. The van der Waals surface area contributed by atoms with E-state index in [9.17, 15) is 18.0 Å². The molecular formula is C18H18F3N3O3S. The molecule has 28 heavy (non-hydrogen) atoms. The van der Waals surface area contributed by atoms with Gasteiger partial charge in [-0.25, -0.2) is 4.99 Å². The number of anilines is 1. The monoisotopic (exact) mass is 413 g/mol. The molecule has 0 unspecified atom stereocenters. The Bertz CT molecular complexity index is 831. The topological polar surface area (TPSA) is 83.0 Å². The summed E-state index contributed by atoms with van der Waals surface area (Å²) >= 11 is 1.15. The molecule has 2 rings (SSSR count). The van der Waals surface area contributed by atoms with Gasteiger partial charge < -0.3 is 20.5 Å². The molecule has 0 aliphatic carbocycles. The zero-order valence-electron chi connectivity index (χ0n) is 14.8. The van der Waals surface area contributed by atoms with Gasteiger partial charge >= 0.3 is 6.36 Å². The van der Waals surface area contributed by atoms with E-state index in [0.717, 1.165) is 11.8 Å². The third kappa shape index (κ3) is 6.17. The van der Waals surface area contributed by atoms with Crippen molar-refractivity contribution in [1.29, 1.82) is 0 Å². The van der Waals surface area contributed by atoms with Crippen LogP contribution in [0.2, 0.25) is 0 Å². The molecule has 1 aliphatic rings. The summed E-state index contributed by atoms with van der Waals surface area (Å²) in [5, 5.41) is 15.0. The van der Waals surface area contributed by atoms with Gasteiger partial charge in [0.1, 0.15) is 10.8 Å². The summed E-state index contributed by atoms with van der Waals surface area (Å²) in [6, 6.07) is 5.27. The third-order valence-corrected chi connectivity index (χ3v) is 4.41. The number of carbonyl (C=O) groups excluding carboxylic acids is 1.